The number of aryl methyl sites for hydroxylation is 2. The highest BCUT2D eigenvalue weighted by Gasteiger charge is 2.29. The molecule has 1 amide bonds. The van der Waals surface area contributed by atoms with Gasteiger partial charge in [-0.05, 0) is 44.5 Å². The van der Waals surface area contributed by atoms with E-state index in [9.17, 15) is 9.59 Å². The van der Waals surface area contributed by atoms with Crippen molar-refractivity contribution in [1.82, 2.24) is 15.1 Å². The van der Waals surface area contributed by atoms with Crippen LogP contribution in [-0.4, -0.2) is 46.0 Å². The van der Waals surface area contributed by atoms with Crippen LogP contribution in [0.15, 0.2) is 30.3 Å². The smallest absolute Gasteiger partial charge is 0.305 e. The minimum absolute atomic E-state index is 0.112. The van der Waals surface area contributed by atoms with Crippen LogP contribution in [-0.2, 0) is 16.1 Å². The van der Waals surface area contributed by atoms with Gasteiger partial charge in [-0.15, -0.1) is 0 Å². The Bertz CT molecular complexity index is 783. The van der Waals surface area contributed by atoms with Gasteiger partial charge in [0.1, 0.15) is 0 Å². The van der Waals surface area contributed by atoms with E-state index >= 15 is 0 Å². The lowest BCUT2D eigenvalue weighted by Gasteiger charge is -2.28. The van der Waals surface area contributed by atoms with Gasteiger partial charge in [-0.25, -0.2) is 0 Å². The molecular formula is C19H25N3O4. The van der Waals surface area contributed by atoms with E-state index in [2.05, 4.69) is 10.4 Å². The zero-order valence-electron chi connectivity index (χ0n) is 15.6. The summed E-state index contributed by atoms with van der Waals surface area (Å²) in [7, 11) is 1.47. The maximum Gasteiger partial charge on any atom is 0.305 e. The number of ether oxygens (including phenoxy) is 1. The molecule has 0 saturated heterocycles. The molecule has 1 aromatic carbocycles. The van der Waals surface area contributed by atoms with E-state index < -0.39 is 11.5 Å². The largest absolute Gasteiger partial charge is 0.481 e. The van der Waals surface area contributed by atoms with E-state index in [0.717, 1.165) is 17.0 Å². The average Bonchev–Trinajstić information content (AvgIpc) is 2.84. The molecule has 2 N–H and O–H groups in total. The van der Waals surface area contributed by atoms with Gasteiger partial charge in [-0.3, -0.25) is 14.3 Å². The summed E-state index contributed by atoms with van der Waals surface area (Å²) in [5.74, 6) is -1.33. The lowest BCUT2D eigenvalue weighted by Crippen LogP contribution is -2.50. The van der Waals surface area contributed by atoms with Crippen molar-refractivity contribution >= 4 is 11.9 Å². The van der Waals surface area contributed by atoms with Crippen LogP contribution in [0, 0.1) is 13.8 Å². The number of hydrogen-bond acceptors (Lipinski definition) is 4. The molecule has 0 spiro atoms. The Labute approximate surface area is 153 Å². The minimum Gasteiger partial charge on any atom is -0.481 e. The van der Waals surface area contributed by atoms with E-state index in [1.54, 1.807) is 19.1 Å². The molecule has 26 heavy (non-hydrogen) atoms. The zero-order valence-corrected chi connectivity index (χ0v) is 15.6. The average molecular weight is 359 g/mol. The molecule has 0 fully saturated rings. The lowest BCUT2D eigenvalue weighted by atomic mass is 9.98. The second-order valence-corrected chi connectivity index (χ2v) is 6.80. The fourth-order valence-corrected chi connectivity index (χ4v) is 2.90. The molecule has 7 nitrogen and oxygen atoms in total. The standard InChI is InChI=1S/C19H25N3O4/c1-13-9-14(2)22(21-13)11-15-5-7-16(8-6-15)18(25)20-19(3,12-26-4)10-17(23)24/h5-9H,10-12H2,1-4H3,(H,20,25)(H,23,24). The number of aromatic nitrogens is 2. The number of benzene rings is 1. The Hall–Kier alpha value is -2.67. The summed E-state index contributed by atoms with van der Waals surface area (Å²) in [6.07, 6.45) is -0.220. The van der Waals surface area contributed by atoms with Gasteiger partial charge in [-0.2, -0.15) is 5.10 Å². The summed E-state index contributed by atoms with van der Waals surface area (Å²) in [4.78, 5) is 23.5. The first-order valence-electron chi connectivity index (χ1n) is 8.36. The number of amides is 1. The van der Waals surface area contributed by atoms with Crippen LogP contribution in [0.3, 0.4) is 0 Å². The molecule has 1 heterocycles. The number of nitrogens with zero attached hydrogens (tertiary/aromatic N) is 2. The Morgan fingerprint density at radius 3 is 2.42 bits per heavy atom. The van der Waals surface area contributed by atoms with Crippen molar-refractivity contribution in [3.63, 3.8) is 0 Å². The highest BCUT2D eigenvalue weighted by molar-refractivity contribution is 5.95. The topological polar surface area (TPSA) is 93.5 Å². The zero-order chi connectivity index (χ0) is 19.3. The second-order valence-electron chi connectivity index (χ2n) is 6.80. The second kappa shape index (κ2) is 8.14. The highest BCUT2D eigenvalue weighted by Crippen LogP contribution is 2.14. The number of methoxy groups -OCH3 is 1. The molecule has 140 valence electrons. The Morgan fingerprint density at radius 1 is 1.27 bits per heavy atom. The van der Waals surface area contributed by atoms with Crippen LogP contribution in [0.25, 0.3) is 0 Å². The number of carboxylic acids is 1. The molecule has 1 aromatic heterocycles. The summed E-state index contributed by atoms with van der Waals surface area (Å²) >= 11 is 0. The van der Waals surface area contributed by atoms with Gasteiger partial charge in [0.15, 0.2) is 0 Å². The predicted molar refractivity (Wildman–Crippen MR) is 97.2 cm³/mol. The van der Waals surface area contributed by atoms with E-state index in [-0.39, 0.29) is 18.9 Å². The first kappa shape index (κ1) is 19.7. The fraction of sp³-hybridized carbons (Fsp3) is 0.421. The van der Waals surface area contributed by atoms with Crippen LogP contribution in [0.5, 0.6) is 0 Å². The van der Waals surface area contributed by atoms with Crippen molar-refractivity contribution in [3.05, 3.63) is 52.8 Å². The van der Waals surface area contributed by atoms with E-state index in [0.29, 0.717) is 12.1 Å². The van der Waals surface area contributed by atoms with Crippen molar-refractivity contribution in [2.45, 2.75) is 39.3 Å². The molecule has 2 rings (SSSR count). The first-order valence-corrected chi connectivity index (χ1v) is 8.36. The third-order valence-electron chi connectivity index (χ3n) is 4.07. The number of rotatable bonds is 8. The lowest BCUT2D eigenvalue weighted by molar-refractivity contribution is -0.139. The van der Waals surface area contributed by atoms with Gasteiger partial charge in [-0.1, -0.05) is 12.1 Å². The number of aliphatic carboxylic acids is 1. The Balaban J connectivity index is 2.07. The van der Waals surface area contributed by atoms with Crippen molar-refractivity contribution in [2.75, 3.05) is 13.7 Å². The van der Waals surface area contributed by atoms with E-state index in [1.807, 2.05) is 36.7 Å². The van der Waals surface area contributed by atoms with Gasteiger partial charge in [0.25, 0.3) is 5.91 Å². The summed E-state index contributed by atoms with van der Waals surface area (Å²) < 4.78 is 6.97. The molecule has 0 saturated carbocycles. The van der Waals surface area contributed by atoms with Crippen LogP contribution in [0.1, 0.15) is 40.7 Å². The molecule has 0 aliphatic rings. The van der Waals surface area contributed by atoms with E-state index in [1.165, 1.54) is 7.11 Å². The van der Waals surface area contributed by atoms with Gasteiger partial charge in [0.2, 0.25) is 0 Å². The number of carbonyl (C=O) groups is 2. The molecule has 1 unspecified atom stereocenters. The molecule has 0 aliphatic heterocycles. The predicted octanol–water partition coefficient (Wildman–Crippen LogP) is 2.16. The number of carbonyl (C=O) groups excluding carboxylic acids is 1. The van der Waals surface area contributed by atoms with E-state index in [4.69, 9.17) is 9.84 Å². The maximum atomic E-state index is 12.5. The Morgan fingerprint density at radius 2 is 1.92 bits per heavy atom. The summed E-state index contributed by atoms with van der Waals surface area (Å²) in [6.45, 7) is 6.34. The molecule has 0 aliphatic carbocycles. The van der Waals surface area contributed by atoms with Gasteiger partial charge < -0.3 is 15.2 Å². The van der Waals surface area contributed by atoms with Crippen LogP contribution in [0.4, 0.5) is 0 Å². The summed E-state index contributed by atoms with van der Waals surface area (Å²) in [5.41, 5.74) is 2.57. The minimum atomic E-state index is -0.995. The summed E-state index contributed by atoms with van der Waals surface area (Å²) in [5, 5.41) is 16.2. The SMILES string of the molecule is COCC(C)(CC(=O)O)NC(=O)c1ccc(Cn2nc(C)cc2C)cc1. The van der Waals surface area contributed by atoms with Gasteiger partial charge in [0, 0.05) is 18.4 Å². The highest BCUT2D eigenvalue weighted by atomic mass is 16.5. The monoisotopic (exact) mass is 359 g/mol. The maximum absolute atomic E-state index is 12.5. The van der Waals surface area contributed by atoms with Gasteiger partial charge >= 0.3 is 5.97 Å². The summed E-state index contributed by atoms with van der Waals surface area (Å²) in [6, 6.07) is 9.21. The molecule has 0 radical (unpaired) electrons. The van der Waals surface area contributed by atoms with Crippen molar-refractivity contribution in [2.24, 2.45) is 0 Å². The number of nitrogens with one attached hydrogen (secondary N) is 1. The number of carboxylic acid groups (broad SMARTS) is 1. The molecule has 1 atom stereocenters. The van der Waals surface area contributed by atoms with Crippen molar-refractivity contribution in [1.29, 1.82) is 0 Å². The fourth-order valence-electron chi connectivity index (χ4n) is 2.90. The first-order chi connectivity index (χ1) is 12.2. The normalized spacial score (nSPS) is 13.2. The van der Waals surface area contributed by atoms with Crippen LogP contribution < -0.4 is 5.32 Å². The van der Waals surface area contributed by atoms with Gasteiger partial charge in [0.05, 0.1) is 30.8 Å². The molecular weight excluding hydrogens is 334 g/mol. The number of hydrogen-bond donors (Lipinski definition) is 2. The van der Waals surface area contributed by atoms with Crippen LogP contribution >= 0.6 is 0 Å². The van der Waals surface area contributed by atoms with Crippen LogP contribution in [0.2, 0.25) is 0 Å². The quantitative estimate of drug-likeness (QED) is 0.753. The third-order valence-corrected chi connectivity index (χ3v) is 4.07. The van der Waals surface area contributed by atoms with Crippen molar-refractivity contribution in [3.8, 4) is 0 Å². The molecule has 7 heteroatoms. The van der Waals surface area contributed by atoms with Crippen molar-refractivity contribution < 1.29 is 19.4 Å². The molecule has 0 bridgehead atoms. The Kier molecular flexibility index (Phi) is 6.15. The third kappa shape index (κ3) is 5.16. The molecule has 2 aromatic rings.